The van der Waals surface area contributed by atoms with E-state index in [4.69, 9.17) is 0 Å². The van der Waals surface area contributed by atoms with Gasteiger partial charge in [0, 0.05) is 31.5 Å². The van der Waals surface area contributed by atoms with Crippen molar-refractivity contribution in [3.05, 3.63) is 35.9 Å². The van der Waals surface area contributed by atoms with Crippen molar-refractivity contribution >= 4 is 0 Å². The van der Waals surface area contributed by atoms with Crippen molar-refractivity contribution in [1.82, 2.24) is 4.90 Å². The summed E-state index contributed by atoms with van der Waals surface area (Å²) in [4.78, 5) is 2.51. The minimum absolute atomic E-state index is 0.410. The monoisotopic (exact) mass is 231 g/mol. The highest BCUT2D eigenvalue weighted by atomic mass is 16.3. The molecule has 0 radical (unpaired) electrons. The Labute approximate surface area is 103 Å². The van der Waals surface area contributed by atoms with Crippen LogP contribution in [-0.4, -0.2) is 28.7 Å². The van der Waals surface area contributed by atoms with E-state index in [1.165, 1.54) is 18.4 Å². The minimum atomic E-state index is -0.410. The van der Waals surface area contributed by atoms with Gasteiger partial charge in [0.15, 0.2) is 0 Å². The van der Waals surface area contributed by atoms with Crippen molar-refractivity contribution in [3.8, 4) is 0 Å². The average molecular weight is 231 g/mol. The quantitative estimate of drug-likeness (QED) is 0.844. The van der Waals surface area contributed by atoms with Gasteiger partial charge in [-0.1, -0.05) is 30.3 Å². The third-order valence-electron chi connectivity index (χ3n) is 4.72. The zero-order chi connectivity index (χ0) is 11.9. The second-order valence-corrected chi connectivity index (χ2v) is 5.88. The third kappa shape index (κ3) is 2.00. The summed E-state index contributed by atoms with van der Waals surface area (Å²) in [5.74, 6) is 0.954. The first-order valence-electron chi connectivity index (χ1n) is 6.65. The maximum Gasteiger partial charge on any atom is 0.0700 e. The van der Waals surface area contributed by atoms with Gasteiger partial charge in [-0.25, -0.2) is 0 Å². The highest BCUT2D eigenvalue weighted by Gasteiger charge is 2.49. The summed E-state index contributed by atoms with van der Waals surface area (Å²) in [7, 11) is 0. The molecule has 17 heavy (non-hydrogen) atoms. The molecule has 0 unspecified atom stereocenters. The summed E-state index contributed by atoms with van der Waals surface area (Å²) in [6.07, 6.45) is 2.39. The van der Waals surface area contributed by atoms with Crippen molar-refractivity contribution in [1.29, 1.82) is 0 Å². The number of piperidine rings is 1. The number of rotatable bonds is 2. The molecule has 1 N–H and O–H groups in total. The maximum absolute atomic E-state index is 10.4. The Balaban J connectivity index is 1.69. The Morgan fingerprint density at radius 3 is 2.35 bits per heavy atom. The van der Waals surface area contributed by atoms with Crippen LogP contribution in [0, 0.1) is 11.8 Å². The van der Waals surface area contributed by atoms with E-state index in [2.05, 4.69) is 35.2 Å². The lowest BCUT2D eigenvalue weighted by Gasteiger charge is -2.42. The number of fused-ring (bicyclic) bond motifs is 2. The normalized spacial score (nSPS) is 37.3. The molecule has 3 rings (SSSR count). The molecule has 1 aromatic carbocycles. The van der Waals surface area contributed by atoms with Crippen LogP contribution in [0.4, 0.5) is 0 Å². The van der Waals surface area contributed by atoms with Gasteiger partial charge in [0.05, 0.1) is 5.60 Å². The topological polar surface area (TPSA) is 23.5 Å². The summed E-state index contributed by atoms with van der Waals surface area (Å²) in [5.41, 5.74) is 0.973. The lowest BCUT2D eigenvalue weighted by molar-refractivity contribution is -0.0707. The molecule has 2 fully saturated rings. The number of aliphatic hydroxyl groups is 1. The molecule has 1 aliphatic heterocycles. The first kappa shape index (κ1) is 11.2. The average Bonchev–Trinajstić information content (AvgIpc) is 2.53. The Kier molecular flexibility index (Phi) is 2.72. The van der Waals surface area contributed by atoms with Crippen LogP contribution >= 0.6 is 0 Å². The van der Waals surface area contributed by atoms with E-state index in [0.717, 1.165) is 19.6 Å². The zero-order valence-electron chi connectivity index (χ0n) is 10.5. The Hall–Kier alpha value is -0.860. The summed E-state index contributed by atoms with van der Waals surface area (Å²) < 4.78 is 0. The Bertz CT molecular complexity index is 371. The number of hydrogen-bond donors (Lipinski definition) is 1. The van der Waals surface area contributed by atoms with Crippen LogP contribution in [0.3, 0.4) is 0 Å². The van der Waals surface area contributed by atoms with Gasteiger partial charge in [-0.15, -0.1) is 0 Å². The SMILES string of the molecule is C[C@@]1(O)[C@@H]2CC[C@H]1CN(Cc1ccccc1)C2. The van der Waals surface area contributed by atoms with E-state index in [0.29, 0.717) is 11.8 Å². The largest absolute Gasteiger partial charge is 0.390 e. The number of likely N-dealkylation sites (tertiary alicyclic amines) is 1. The molecule has 1 heterocycles. The molecule has 0 amide bonds. The van der Waals surface area contributed by atoms with Crippen LogP contribution < -0.4 is 0 Å². The molecule has 92 valence electrons. The van der Waals surface area contributed by atoms with Crippen LogP contribution in [0.15, 0.2) is 30.3 Å². The minimum Gasteiger partial charge on any atom is -0.390 e. The molecule has 2 heteroatoms. The number of hydrogen-bond acceptors (Lipinski definition) is 2. The van der Waals surface area contributed by atoms with E-state index in [9.17, 15) is 5.11 Å². The Morgan fingerprint density at radius 1 is 1.18 bits per heavy atom. The molecule has 3 atom stereocenters. The molecule has 1 aliphatic carbocycles. The van der Waals surface area contributed by atoms with Crippen molar-refractivity contribution in [2.24, 2.45) is 11.8 Å². The molecule has 1 saturated carbocycles. The van der Waals surface area contributed by atoms with Gasteiger partial charge in [-0.05, 0) is 25.3 Å². The van der Waals surface area contributed by atoms with Gasteiger partial charge in [-0.2, -0.15) is 0 Å². The third-order valence-corrected chi connectivity index (χ3v) is 4.72. The van der Waals surface area contributed by atoms with E-state index in [-0.39, 0.29) is 0 Å². The lowest BCUT2D eigenvalue weighted by Crippen LogP contribution is -2.51. The van der Waals surface area contributed by atoms with Crippen LogP contribution in [0.5, 0.6) is 0 Å². The highest BCUT2D eigenvalue weighted by Crippen LogP contribution is 2.44. The summed E-state index contributed by atoms with van der Waals surface area (Å²) in [6, 6.07) is 10.6. The van der Waals surface area contributed by atoms with Crippen LogP contribution in [0.1, 0.15) is 25.3 Å². The standard InChI is InChI=1S/C15H21NO/c1-15(17)13-7-8-14(15)11-16(10-13)9-12-5-3-2-4-6-12/h2-6,13-14,17H,7-11H2,1H3/t13-,14+,15-. The van der Waals surface area contributed by atoms with Gasteiger partial charge in [0.2, 0.25) is 0 Å². The Morgan fingerprint density at radius 2 is 1.76 bits per heavy atom. The van der Waals surface area contributed by atoms with Crippen LogP contribution in [0.25, 0.3) is 0 Å². The molecule has 1 saturated heterocycles. The van der Waals surface area contributed by atoms with Crippen molar-refractivity contribution in [3.63, 3.8) is 0 Å². The zero-order valence-corrected chi connectivity index (χ0v) is 10.5. The van der Waals surface area contributed by atoms with Crippen molar-refractivity contribution in [2.45, 2.75) is 31.9 Å². The second-order valence-electron chi connectivity index (χ2n) is 5.88. The molecule has 2 nitrogen and oxygen atoms in total. The smallest absolute Gasteiger partial charge is 0.0700 e. The fourth-order valence-electron chi connectivity index (χ4n) is 3.54. The molecular formula is C15H21NO. The first-order valence-corrected chi connectivity index (χ1v) is 6.65. The molecule has 0 aromatic heterocycles. The van der Waals surface area contributed by atoms with Gasteiger partial charge >= 0.3 is 0 Å². The van der Waals surface area contributed by atoms with Gasteiger partial charge in [0.1, 0.15) is 0 Å². The lowest BCUT2D eigenvalue weighted by atomic mass is 9.82. The van der Waals surface area contributed by atoms with Crippen molar-refractivity contribution in [2.75, 3.05) is 13.1 Å². The predicted octanol–water partition coefficient (Wildman–Crippen LogP) is 2.28. The van der Waals surface area contributed by atoms with E-state index >= 15 is 0 Å². The maximum atomic E-state index is 10.4. The fourth-order valence-corrected chi connectivity index (χ4v) is 3.54. The molecule has 2 aliphatic rings. The van der Waals surface area contributed by atoms with Crippen LogP contribution in [-0.2, 0) is 6.54 Å². The van der Waals surface area contributed by atoms with E-state index in [1.807, 2.05) is 6.92 Å². The van der Waals surface area contributed by atoms with Gasteiger partial charge in [0.25, 0.3) is 0 Å². The van der Waals surface area contributed by atoms with Crippen LogP contribution in [0.2, 0.25) is 0 Å². The number of benzene rings is 1. The summed E-state index contributed by atoms with van der Waals surface area (Å²) in [5, 5.41) is 10.4. The van der Waals surface area contributed by atoms with Gasteiger partial charge < -0.3 is 5.11 Å². The van der Waals surface area contributed by atoms with Crippen molar-refractivity contribution < 1.29 is 5.11 Å². The molecule has 2 bridgehead atoms. The predicted molar refractivity (Wildman–Crippen MR) is 68.6 cm³/mol. The molecule has 0 spiro atoms. The van der Waals surface area contributed by atoms with Gasteiger partial charge in [-0.3, -0.25) is 4.90 Å². The van der Waals surface area contributed by atoms with E-state index in [1.54, 1.807) is 0 Å². The summed E-state index contributed by atoms with van der Waals surface area (Å²) >= 11 is 0. The molecular weight excluding hydrogens is 210 g/mol. The fraction of sp³-hybridized carbons (Fsp3) is 0.600. The molecule has 1 aromatic rings. The first-order chi connectivity index (χ1) is 8.16. The second kappa shape index (κ2) is 4.11. The summed E-state index contributed by atoms with van der Waals surface area (Å²) in [6.45, 7) is 5.18. The highest BCUT2D eigenvalue weighted by molar-refractivity contribution is 5.15. The number of nitrogens with zero attached hydrogens (tertiary/aromatic N) is 1. The van der Waals surface area contributed by atoms with E-state index < -0.39 is 5.60 Å².